The molecule has 0 aliphatic heterocycles. The number of hydrogen-bond donors (Lipinski definition) is 1. The molecule has 0 saturated heterocycles. The lowest BCUT2D eigenvalue weighted by molar-refractivity contribution is 0.645. The maximum atomic E-state index is 6.05. The maximum absolute atomic E-state index is 6.05. The standard InChI is InChI=1S/C16H25BrN2/c1-3-9-19(14-7-8-14)15-6-5-12(16(17)11-15)10-13(18)4-2/h5-6,11,13-14H,3-4,7-10,18H2,1-2H3. The molecule has 2 nitrogen and oxygen atoms in total. The van der Waals surface area contributed by atoms with Gasteiger partial charge in [-0.2, -0.15) is 0 Å². The van der Waals surface area contributed by atoms with Crippen LogP contribution in [0.5, 0.6) is 0 Å². The Morgan fingerprint density at radius 1 is 1.37 bits per heavy atom. The average molecular weight is 325 g/mol. The molecule has 19 heavy (non-hydrogen) atoms. The molecule has 0 aromatic heterocycles. The van der Waals surface area contributed by atoms with Crippen LogP contribution in [0, 0.1) is 0 Å². The highest BCUT2D eigenvalue weighted by molar-refractivity contribution is 9.10. The van der Waals surface area contributed by atoms with Crippen LogP contribution in [-0.2, 0) is 6.42 Å². The van der Waals surface area contributed by atoms with Gasteiger partial charge in [0.2, 0.25) is 0 Å². The van der Waals surface area contributed by atoms with Crippen molar-refractivity contribution in [2.45, 2.75) is 58.0 Å². The number of halogens is 1. The molecule has 1 atom stereocenters. The Labute approximate surface area is 125 Å². The van der Waals surface area contributed by atoms with E-state index in [4.69, 9.17) is 5.73 Å². The molecule has 1 aromatic carbocycles. The maximum Gasteiger partial charge on any atom is 0.0380 e. The molecule has 2 N–H and O–H groups in total. The lowest BCUT2D eigenvalue weighted by Gasteiger charge is -2.25. The summed E-state index contributed by atoms with van der Waals surface area (Å²) in [7, 11) is 0. The molecule has 1 aliphatic rings. The Hall–Kier alpha value is -0.540. The number of nitrogens with zero attached hydrogens (tertiary/aromatic N) is 1. The topological polar surface area (TPSA) is 29.3 Å². The first-order valence-corrected chi connectivity index (χ1v) is 8.25. The van der Waals surface area contributed by atoms with Crippen LogP contribution in [-0.4, -0.2) is 18.6 Å². The van der Waals surface area contributed by atoms with E-state index in [1.807, 2.05) is 0 Å². The monoisotopic (exact) mass is 324 g/mol. The van der Waals surface area contributed by atoms with Crippen molar-refractivity contribution in [1.29, 1.82) is 0 Å². The van der Waals surface area contributed by atoms with E-state index in [-0.39, 0.29) is 6.04 Å². The third-order valence-electron chi connectivity index (χ3n) is 3.83. The largest absolute Gasteiger partial charge is 0.369 e. The Balaban J connectivity index is 2.12. The summed E-state index contributed by atoms with van der Waals surface area (Å²) in [6.45, 7) is 5.55. The van der Waals surface area contributed by atoms with Crippen LogP contribution < -0.4 is 10.6 Å². The molecule has 0 radical (unpaired) electrons. The van der Waals surface area contributed by atoms with Crippen LogP contribution in [0.2, 0.25) is 0 Å². The van der Waals surface area contributed by atoms with E-state index in [0.29, 0.717) is 0 Å². The number of anilines is 1. The zero-order valence-corrected chi connectivity index (χ0v) is 13.6. The zero-order valence-electron chi connectivity index (χ0n) is 12.0. The van der Waals surface area contributed by atoms with Gasteiger partial charge < -0.3 is 10.6 Å². The van der Waals surface area contributed by atoms with Crippen molar-refractivity contribution in [2.75, 3.05) is 11.4 Å². The fourth-order valence-corrected chi connectivity index (χ4v) is 2.99. The molecule has 1 aliphatic carbocycles. The van der Waals surface area contributed by atoms with E-state index in [1.54, 1.807) is 0 Å². The summed E-state index contributed by atoms with van der Waals surface area (Å²) in [5.74, 6) is 0. The van der Waals surface area contributed by atoms with Crippen LogP contribution in [0.3, 0.4) is 0 Å². The highest BCUT2D eigenvalue weighted by Crippen LogP contribution is 2.34. The van der Waals surface area contributed by atoms with Crippen LogP contribution in [0.4, 0.5) is 5.69 Å². The van der Waals surface area contributed by atoms with Crippen LogP contribution in [0.15, 0.2) is 22.7 Å². The SMILES string of the molecule is CCCN(c1ccc(CC(N)CC)c(Br)c1)C1CC1. The predicted molar refractivity (Wildman–Crippen MR) is 86.8 cm³/mol. The van der Waals surface area contributed by atoms with Gasteiger partial charge in [0.1, 0.15) is 0 Å². The highest BCUT2D eigenvalue weighted by atomic mass is 79.9. The van der Waals surface area contributed by atoms with E-state index in [9.17, 15) is 0 Å². The Morgan fingerprint density at radius 3 is 2.63 bits per heavy atom. The first-order chi connectivity index (χ1) is 9.15. The van der Waals surface area contributed by atoms with Gasteiger partial charge in [0, 0.05) is 28.8 Å². The van der Waals surface area contributed by atoms with Crippen molar-refractivity contribution >= 4 is 21.6 Å². The van der Waals surface area contributed by atoms with Crippen molar-refractivity contribution < 1.29 is 0 Å². The van der Waals surface area contributed by atoms with Gasteiger partial charge in [-0.3, -0.25) is 0 Å². The van der Waals surface area contributed by atoms with Crippen molar-refractivity contribution in [3.63, 3.8) is 0 Å². The molecule has 1 unspecified atom stereocenters. The molecule has 3 heteroatoms. The van der Waals surface area contributed by atoms with Crippen LogP contribution in [0.1, 0.15) is 45.1 Å². The fraction of sp³-hybridized carbons (Fsp3) is 0.625. The van der Waals surface area contributed by atoms with Crippen molar-refractivity contribution in [3.8, 4) is 0 Å². The van der Waals surface area contributed by atoms with E-state index in [1.165, 1.54) is 35.0 Å². The highest BCUT2D eigenvalue weighted by Gasteiger charge is 2.28. The first-order valence-electron chi connectivity index (χ1n) is 7.46. The van der Waals surface area contributed by atoms with Gasteiger partial charge in [-0.15, -0.1) is 0 Å². The third kappa shape index (κ3) is 3.96. The second-order valence-electron chi connectivity index (χ2n) is 5.57. The summed E-state index contributed by atoms with van der Waals surface area (Å²) in [4.78, 5) is 2.55. The smallest absolute Gasteiger partial charge is 0.0380 e. The summed E-state index contributed by atoms with van der Waals surface area (Å²) in [5.41, 5.74) is 8.72. The lowest BCUT2D eigenvalue weighted by Crippen LogP contribution is -2.26. The minimum Gasteiger partial charge on any atom is -0.369 e. The minimum atomic E-state index is 0.261. The summed E-state index contributed by atoms with van der Waals surface area (Å²) >= 11 is 3.71. The summed E-state index contributed by atoms with van der Waals surface area (Å²) < 4.78 is 1.20. The Bertz CT molecular complexity index is 415. The van der Waals surface area contributed by atoms with Crippen molar-refractivity contribution in [2.24, 2.45) is 5.73 Å². The van der Waals surface area contributed by atoms with Gasteiger partial charge in [-0.05, 0) is 49.8 Å². The van der Waals surface area contributed by atoms with Gasteiger partial charge in [0.05, 0.1) is 0 Å². The van der Waals surface area contributed by atoms with E-state index in [0.717, 1.165) is 25.4 Å². The van der Waals surface area contributed by atoms with Crippen molar-refractivity contribution in [1.82, 2.24) is 0 Å². The molecule has 1 saturated carbocycles. The summed E-state index contributed by atoms with van der Waals surface area (Å²) in [6.07, 6.45) is 5.88. The summed E-state index contributed by atoms with van der Waals surface area (Å²) in [6, 6.07) is 7.80. The second kappa shape index (κ2) is 6.76. The molecule has 0 bridgehead atoms. The molecule has 1 aromatic rings. The van der Waals surface area contributed by atoms with Gasteiger partial charge >= 0.3 is 0 Å². The molecule has 0 amide bonds. The van der Waals surface area contributed by atoms with Gasteiger partial charge in [0.25, 0.3) is 0 Å². The van der Waals surface area contributed by atoms with Crippen molar-refractivity contribution in [3.05, 3.63) is 28.2 Å². The minimum absolute atomic E-state index is 0.261. The molecular formula is C16H25BrN2. The first kappa shape index (κ1) is 14.9. The lowest BCUT2D eigenvalue weighted by atomic mass is 10.0. The van der Waals surface area contributed by atoms with Gasteiger partial charge in [-0.25, -0.2) is 0 Å². The van der Waals surface area contributed by atoms with E-state index in [2.05, 4.69) is 52.9 Å². The Morgan fingerprint density at radius 2 is 2.11 bits per heavy atom. The number of nitrogens with two attached hydrogens (primary N) is 1. The average Bonchev–Trinajstić information content (AvgIpc) is 3.22. The fourth-order valence-electron chi connectivity index (χ4n) is 2.46. The molecule has 0 heterocycles. The van der Waals surface area contributed by atoms with Crippen LogP contribution >= 0.6 is 15.9 Å². The van der Waals surface area contributed by atoms with Gasteiger partial charge in [0.15, 0.2) is 0 Å². The number of benzene rings is 1. The van der Waals surface area contributed by atoms with E-state index < -0.39 is 0 Å². The summed E-state index contributed by atoms with van der Waals surface area (Å²) in [5, 5.41) is 0. The van der Waals surface area contributed by atoms with Gasteiger partial charge in [-0.1, -0.05) is 35.8 Å². The van der Waals surface area contributed by atoms with Crippen LogP contribution in [0.25, 0.3) is 0 Å². The normalized spacial score (nSPS) is 16.4. The molecule has 1 fully saturated rings. The second-order valence-corrected chi connectivity index (χ2v) is 6.43. The zero-order chi connectivity index (χ0) is 13.8. The number of hydrogen-bond acceptors (Lipinski definition) is 2. The predicted octanol–water partition coefficient (Wildman–Crippen LogP) is 4.11. The third-order valence-corrected chi connectivity index (χ3v) is 4.57. The Kier molecular flexibility index (Phi) is 5.28. The van der Waals surface area contributed by atoms with E-state index >= 15 is 0 Å². The molecule has 0 spiro atoms. The molecule has 2 rings (SSSR count). The quantitative estimate of drug-likeness (QED) is 0.817. The molecule has 106 valence electrons. The molecular weight excluding hydrogens is 300 g/mol. The number of rotatable bonds is 7.